The molecule has 1 nitrogen and oxygen atoms in total. The summed E-state index contributed by atoms with van der Waals surface area (Å²) in [6.07, 6.45) is -9.35. The summed E-state index contributed by atoms with van der Waals surface area (Å²) in [7, 11) is 0. The zero-order chi connectivity index (χ0) is 15.8. The third-order valence-corrected chi connectivity index (χ3v) is 2.67. The summed E-state index contributed by atoms with van der Waals surface area (Å²) in [4.78, 5) is 3.29. The summed E-state index contributed by atoms with van der Waals surface area (Å²) < 4.78 is 90.6. The molecule has 0 saturated heterocycles. The summed E-state index contributed by atoms with van der Waals surface area (Å²) in [6.45, 7) is 0. The van der Waals surface area contributed by atoms with Crippen LogP contribution in [-0.4, -0.2) is 4.98 Å². The van der Waals surface area contributed by atoms with Crippen LogP contribution in [0, 0.1) is 5.82 Å². The molecule has 0 aliphatic carbocycles. The molecule has 0 unspecified atom stereocenters. The molecule has 0 fully saturated rings. The quantitative estimate of drug-likeness (QED) is 0.681. The van der Waals surface area contributed by atoms with Crippen LogP contribution in [0.3, 0.4) is 0 Å². The maximum Gasteiger partial charge on any atom is 0.421 e. The molecule has 0 radical (unpaired) electrons. The summed E-state index contributed by atoms with van der Waals surface area (Å²) in [5, 5.41) is 0. The largest absolute Gasteiger partial charge is 0.421 e. The van der Waals surface area contributed by atoms with Crippen LogP contribution in [-0.2, 0) is 12.4 Å². The second-order valence-electron chi connectivity index (χ2n) is 4.06. The highest BCUT2D eigenvalue weighted by Gasteiger charge is 2.41. The van der Waals surface area contributed by atoms with Crippen molar-refractivity contribution >= 4 is 0 Å². The molecular weight excluding hydrogens is 303 g/mol. The SMILES string of the molecule is Fc1ccnc(-c2ccccc2C(F)(F)F)c1C(F)(F)F. The Labute approximate surface area is 114 Å². The molecule has 0 aliphatic rings. The molecule has 0 saturated carbocycles. The van der Waals surface area contributed by atoms with Gasteiger partial charge in [0.25, 0.3) is 0 Å². The Balaban J connectivity index is 2.79. The summed E-state index contributed by atoms with van der Waals surface area (Å²) in [5.41, 5.74) is -5.04. The molecule has 1 heterocycles. The highest BCUT2D eigenvalue weighted by Crippen LogP contribution is 2.42. The summed E-state index contributed by atoms with van der Waals surface area (Å²) >= 11 is 0. The van der Waals surface area contributed by atoms with Crippen LogP contribution in [0.4, 0.5) is 30.7 Å². The first-order valence-corrected chi connectivity index (χ1v) is 5.50. The lowest BCUT2D eigenvalue weighted by Crippen LogP contribution is -2.14. The van der Waals surface area contributed by atoms with Crippen LogP contribution in [0.1, 0.15) is 11.1 Å². The Bertz CT molecular complexity index is 658. The maximum absolute atomic E-state index is 13.4. The number of halogens is 7. The van der Waals surface area contributed by atoms with E-state index in [1.54, 1.807) is 0 Å². The van der Waals surface area contributed by atoms with Gasteiger partial charge in [0.2, 0.25) is 0 Å². The van der Waals surface area contributed by atoms with Crippen molar-refractivity contribution in [3.8, 4) is 11.3 Å². The average molecular weight is 309 g/mol. The molecule has 1 aromatic heterocycles. The van der Waals surface area contributed by atoms with Gasteiger partial charge in [0, 0.05) is 11.8 Å². The van der Waals surface area contributed by atoms with Crippen LogP contribution in [0.25, 0.3) is 11.3 Å². The van der Waals surface area contributed by atoms with E-state index in [-0.39, 0.29) is 0 Å². The minimum Gasteiger partial charge on any atom is -0.255 e. The van der Waals surface area contributed by atoms with Crippen LogP contribution in [0.2, 0.25) is 0 Å². The highest BCUT2D eigenvalue weighted by atomic mass is 19.4. The number of hydrogen-bond donors (Lipinski definition) is 0. The van der Waals surface area contributed by atoms with Gasteiger partial charge in [-0.25, -0.2) is 4.39 Å². The minimum atomic E-state index is -5.16. The van der Waals surface area contributed by atoms with Crippen molar-refractivity contribution in [1.29, 1.82) is 0 Å². The van der Waals surface area contributed by atoms with Gasteiger partial charge in [-0.1, -0.05) is 18.2 Å². The molecule has 1 aromatic carbocycles. The fourth-order valence-corrected chi connectivity index (χ4v) is 1.85. The van der Waals surface area contributed by atoms with Crippen molar-refractivity contribution < 1.29 is 30.7 Å². The maximum atomic E-state index is 13.4. The lowest BCUT2D eigenvalue weighted by atomic mass is 9.99. The van der Waals surface area contributed by atoms with Gasteiger partial charge in [-0.2, -0.15) is 26.3 Å². The number of nitrogens with zero attached hydrogens (tertiary/aromatic N) is 1. The average Bonchev–Trinajstić information content (AvgIpc) is 2.36. The first-order valence-electron chi connectivity index (χ1n) is 5.50. The molecule has 21 heavy (non-hydrogen) atoms. The predicted octanol–water partition coefficient (Wildman–Crippen LogP) is 4.93. The van der Waals surface area contributed by atoms with E-state index in [9.17, 15) is 30.7 Å². The fourth-order valence-electron chi connectivity index (χ4n) is 1.85. The minimum absolute atomic E-state index is 0.447. The van der Waals surface area contributed by atoms with E-state index in [1.165, 1.54) is 0 Å². The van der Waals surface area contributed by atoms with Crippen LogP contribution in [0.5, 0.6) is 0 Å². The Kier molecular flexibility index (Phi) is 3.65. The molecule has 0 atom stereocenters. The van der Waals surface area contributed by atoms with E-state index in [0.717, 1.165) is 18.2 Å². The second kappa shape index (κ2) is 5.01. The number of benzene rings is 1. The first-order chi connectivity index (χ1) is 9.62. The Morgan fingerprint density at radius 2 is 1.43 bits per heavy atom. The van der Waals surface area contributed by atoms with E-state index in [1.807, 2.05) is 0 Å². The van der Waals surface area contributed by atoms with Crippen molar-refractivity contribution in [3.05, 3.63) is 53.5 Å². The normalized spacial score (nSPS) is 12.5. The topological polar surface area (TPSA) is 12.9 Å². The van der Waals surface area contributed by atoms with E-state index < -0.39 is 40.6 Å². The molecule has 0 amide bonds. The Morgan fingerprint density at radius 1 is 0.810 bits per heavy atom. The highest BCUT2D eigenvalue weighted by molar-refractivity contribution is 5.68. The van der Waals surface area contributed by atoms with E-state index in [2.05, 4.69) is 4.98 Å². The van der Waals surface area contributed by atoms with Crippen LogP contribution < -0.4 is 0 Å². The molecule has 0 aliphatic heterocycles. The van der Waals surface area contributed by atoms with Gasteiger partial charge in [-0.15, -0.1) is 0 Å². The zero-order valence-corrected chi connectivity index (χ0v) is 10.1. The van der Waals surface area contributed by atoms with Gasteiger partial charge >= 0.3 is 12.4 Å². The Hall–Kier alpha value is -2.12. The molecular formula is C13H6F7N. The van der Waals surface area contributed by atoms with Crippen LogP contribution in [0.15, 0.2) is 36.5 Å². The van der Waals surface area contributed by atoms with E-state index >= 15 is 0 Å². The number of hydrogen-bond acceptors (Lipinski definition) is 1. The van der Waals surface area contributed by atoms with Gasteiger partial charge < -0.3 is 0 Å². The Morgan fingerprint density at radius 3 is 2.00 bits per heavy atom. The molecule has 0 N–H and O–H groups in total. The molecule has 0 bridgehead atoms. The van der Waals surface area contributed by atoms with E-state index in [4.69, 9.17) is 0 Å². The molecule has 8 heteroatoms. The van der Waals surface area contributed by atoms with Crippen LogP contribution >= 0.6 is 0 Å². The molecule has 0 spiro atoms. The lowest BCUT2D eigenvalue weighted by Gasteiger charge is -2.16. The van der Waals surface area contributed by atoms with Gasteiger partial charge in [0.1, 0.15) is 11.4 Å². The first kappa shape index (κ1) is 15.3. The van der Waals surface area contributed by atoms with Gasteiger partial charge in [-0.05, 0) is 12.1 Å². The van der Waals surface area contributed by atoms with Gasteiger partial charge in [0.15, 0.2) is 0 Å². The third-order valence-electron chi connectivity index (χ3n) is 2.67. The standard InChI is InChI=1S/C13H6F7N/c14-9-5-6-21-11(10(9)13(18,19)20)7-3-1-2-4-8(7)12(15,16)17/h1-6H. The van der Waals surface area contributed by atoms with Crippen molar-refractivity contribution in [2.75, 3.05) is 0 Å². The van der Waals surface area contributed by atoms with Crippen molar-refractivity contribution in [2.24, 2.45) is 0 Å². The summed E-state index contributed by atoms with van der Waals surface area (Å²) in [6, 6.07) is 4.03. The molecule has 2 aromatic rings. The van der Waals surface area contributed by atoms with Crippen molar-refractivity contribution in [2.45, 2.75) is 12.4 Å². The smallest absolute Gasteiger partial charge is 0.255 e. The van der Waals surface area contributed by atoms with Gasteiger partial charge in [0.05, 0.1) is 11.3 Å². The monoisotopic (exact) mass is 309 g/mol. The number of rotatable bonds is 1. The fraction of sp³-hybridized carbons (Fsp3) is 0.154. The summed E-state index contributed by atoms with van der Waals surface area (Å²) in [5.74, 6) is -1.68. The third kappa shape index (κ3) is 2.98. The molecule has 2 rings (SSSR count). The van der Waals surface area contributed by atoms with E-state index in [0.29, 0.717) is 18.3 Å². The zero-order valence-electron chi connectivity index (χ0n) is 10.1. The number of aromatic nitrogens is 1. The predicted molar refractivity (Wildman–Crippen MR) is 59.6 cm³/mol. The lowest BCUT2D eigenvalue weighted by molar-refractivity contribution is -0.141. The number of pyridine rings is 1. The van der Waals surface area contributed by atoms with Crippen molar-refractivity contribution in [3.63, 3.8) is 0 Å². The van der Waals surface area contributed by atoms with Gasteiger partial charge in [-0.3, -0.25) is 4.98 Å². The van der Waals surface area contributed by atoms with Crippen molar-refractivity contribution in [1.82, 2.24) is 4.98 Å². The number of alkyl halides is 6. The second-order valence-corrected chi connectivity index (χ2v) is 4.06. The molecule has 112 valence electrons.